The number of hydrogen-bond donors (Lipinski definition) is 1. The van der Waals surface area contributed by atoms with Gasteiger partial charge >= 0.3 is 5.97 Å². The molecule has 1 unspecified atom stereocenters. The number of anilines is 1. The molecular formula is C18H18N2O2. The Hall–Kier alpha value is -2.75. The monoisotopic (exact) mass is 294 g/mol. The molecule has 1 atom stereocenters. The van der Waals surface area contributed by atoms with E-state index in [1.54, 1.807) is 0 Å². The molecule has 0 bridgehead atoms. The highest BCUT2D eigenvalue weighted by atomic mass is 16.6. The lowest BCUT2D eigenvalue weighted by Crippen LogP contribution is -2.12. The molecule has 1 aliphatic heterocycles. The van der Waals surface area contributed by atoms with Crippen molar-refractivity contribution in [2.24, 2.45) is 0 Å². The van der Waals surface area contributed by atoms with E-state index in [1.165, 1.54) is 0 Å². The minimum absolute atomic E-state index is 0.328. The van der Waals surface area contributed by atoms with Crippen molar-refractivity contribution in [2.45, 2.75) is 6.23 Å². The predicted molar refractivity (Wildman–Crippen MR) is 87.2 cm³/mol. The zero-order chi connectivity index (χ0) is 15.5. The quantitative estimate of drug-likeness (QED) is 0.698. The third-order valence-electron chi connectivity index (χ3n) is 3.55. The van der Waals surface area contributed by atoms with Crippen LogP contribution in [0.5, 0.6) is 0 Å². The lowest BCUT2D eigenvalue weighted by molar-refractivity contribution is -0.139. The van der Waals surface area contributed by atoms with Gasteiger partial charge in [-0.1, -0.05) is 42.5 Å². The van der Waals surface area contributed by atoms with Crippen LogP contribution in [0.15, 0.2) is 60.3 Å². The number of esters is 1. The molecule has 1 saturated heterocycles. The Morgan fingerprint density at radius 3 is 2.36 bits per heavy atom. The predicted octanol–water partition coefficient (Wildman–Crippen LogP) is 2.94. The van der Waals surface area contributed by atoms with Gasteiger partial charge in [-0.05, 0) is 23.8 Å². The van der Waals surface area contributed by atoms with Crippen LogP contribution in [0.4, 0.5) is 5.69 Å². The first kappa shape index (κ1) is 14.2. The molecule has 0 aromatic heterocycles. The van der Waals surface area contributed by atoms with E-state index in [0.29, 0.717) is 5.70 Å². The SMILES string of the molecule is CN(C)c1ccc(C=C2NC(c3ccccc3)OC2=O)cc1. The van der Waals surface area contributed by atoms with E-state index < -0.39 is 6.23 Å². The molecule has 4 heteroatoms. The molecule has 1 N–H and O–H groups in total. The van der Waals surface area contributed by atoms with E-state index in [1.807, 2.05) is 79.7 Å². The largest absolute Gasteiger partial charge is 0.433 e. The minimum atomic E-state index is -0.416. The van der Waals surface area contributed by atoms with Gasteiger partial charge in [0.05, 0.1) is 0 Å². The molecule has 2 aromatic carbocycles. The topological polar surface area (TPSA) is 41.6 Å². The van der Waals surface area contributed by atoms with Crippen LogP contribution in [0.2, 0.25) is 0 Å². The number of carbonyl (C=O) groups is 1. The van der Waals surface area contributed by atoms with Gasteiger partial charge in [0.2, 0.25) is 0 Å². The van der Waals surface area contributed by atoms with Crippen molar-refractivity contribution < 1.29 is 9.53 Å². The highest BCUT2D eigenvalue weighted by Gasteiger charge is 2.28. The molecule has 0 spiro atoms. The molecule has 3 rings (SSSR count). The van der Waals surface area contributed by atoms with Crippen LogP contribution in [0.25, 0.3) is 6.08 Å². The van der Waals surface area contributed by atoms with E-state index in [2.05, 4.69) is 5.32 Å². The van der Waals surface area contributed by atoms with Crippen molar-refractivity contribution >= 4 is 17.7 Å². The maximum Gasteiger partial charge on any atom is 0.356 e. The van der Waals surface area contributed by atoms with Crippen LogP contribution in [-0.2, 0) is 9.53 Å². The zero-order valence-corrected chi connectivity index (χ0v) is 12.6. The lowest BCUT2D eigenvalue weighted by Gasteiger charge is -2.12. The van der Waals surface area contributed by atoms with Crippen molar-refractivity contribution in [3.63, 3.8) is 0 Å². The second-order valence-electron chi connectivity index (χ2n) is 5.38. The fourth-order valence-corrected chi connectivity index (χ4v) is 2.32. The second-order valence-corrected chi connectivity index (χ2v) is 5.38. The normalized spacial score (nSPS) is 18.9. The highest BCUT2D eigenvalue weighted by molar-refractivity contribution is 5.95. The summed E-state index contributed by atoms with van der Waals surface area (Å²) in [5, 5.41) is 3.12. The Balaban J connectivity index is 1.78. The number of ether oxygens (including phenoxy) is 1. The van der Waals surface area contributed by atoms with Crippen LogP contribution in [0.1, 0.15) is 17.4 Å². The summed E-state index contributed by atoms with van der Waals surface area (Å²) in [5.74, 6) is -0.328. The van der Waals surface area contributed by atoms with Gasteiger partial charge in [-0.2, -0.15) is 0 Å². The summed E-state index contributed by atoms with van der Waals surface area (Å²) in [6.45, 7) is 0. The number of nitrogens with one attached hydrogen (secondary N) is 1. The Morgan fingerprint density at radius 1 is 1.05 bits per heavy atom. The lowest BCUT2D eigenvalue weighted by atomic mass is 10.1. The summed E-state index contributed by atoms with van der Waals surface area (Å²) in [6.07, 6.45) is 1.39. The first-order valence-corrected chi connectivity index (χ1v) is 7.15. The Bertz CT molecular complexity index is 691. The van der Waals surface area contributed by atoms with E-state index in [-0.39, 0.29) is 5.97 Å². The molecule has 0 aliphatic carbocycles. The summed E-state index contributed by atoms with van der Waals surface area (Å²) < 4.78 is 5.37. The molecule has 0 amide bonds. The van der Waals surface area contributed by atoms with Gasteiger partial charge in [0.1, 0.15) is 5.70 Å². The van der Waals surface area contributed by atoms with Crippen molar-refractivity contribution in [1.82, 2.24) is 5.32 Å². The van der Waals surface area contributed by atoms with Gasteiger partial charge in [-0.3, -0.25) is 0 Å². The smallest absolute Gasteiger partial charge is 0.356 e. The average molecular weight is 294 g/mol. The second kappa shape index (κ2) is 5.93. The average Bonchev–Trinajstić information content (AvgIpc) is 2.90. The highest BCUT2D eigenvalue weighted by Crippen LogP contribution is 2.24. The molecule has 4 nitrogen and oxygen atoms in total. The first-order chi connectivity index (χ1) is 10.6. The van der Waals surface area contributed by atoms with Gasteiger partial charge < -0.3 is 15.0 Å². The van der Waals surface area contributed by atoms with Gasteiger partial charge in [-0.15, -0.1) is 0 Å². The fourth-order valence-electron chi connectivity index (χ4n) is 2.32. The van der Waals surface area contributed by atoms with Crippen LogP contribution in [0, 0.1) is 0 Å². The molecular weight excluding hydrogens is 276 g/mol. The molecule has 22 heavy (non-hydrogen) atoms. The molecule has 1 fully saturated rings. The zero-order valence-electron chi connectivity index (χ0n) is 12.6. The Kier molecular flexibility index (Phi) is 3.83. The molecule has 2 aromatic rings. The van der Waals surface area contributed by atoms with E-state index in [9.17, 15) is 4.79 Å². The third-order valence-corrected chi connectivity index (χ3v) is 3.55. The summed E-state index contributed by atoms with van der Waals surface area (Å²) in [7, 11) is 3.99. The molecule has 1 aliphatic rings. The Labute approximate surface area is 130 Å². The molecule has 112 valence electrons. The van der Waals surface area contributed by atoms with Gasteiger partial charge in [0.15, 0.2) is 6.23 Å². The number of rotatable bonds is 3. The number of cyclic esters (lactones) is 1. The summed E-state index contributed by atoms with van der Waals surface area (Å²) >= 11 is 0. The summed E-state index contributed by atoms with van der Waals surface area (Å²) in [4.78, 5) is 14.0. The number of hydrogen-bond acceptors (Lipinski definition) is 4. The maximum atomic E-state index is 12.0. The number of carbonyl (C=O) groups excluding carboxylic acids is 1. The van der Waals surface area contributed by atoms with Gasteiger partial charge in [0.25, 0.3) is 0 Å². The molecule has 1 heterocycles. The molecule has 0 saturated carbocycles. The van der Waals surface area contributed by atoms with Crippen LogP contribution < -0.4 is 10.2 Å². The summed E-state index contributed by atoms with van der Waals surface area (Å²) in [5.41, 5.74) is 3.48. The van der Waals surface area contributed by atoms with E-state index in [0.717, 1.165) is 16.8 Å². The van der Waals surface area contributed by atoms with E-state index >= 15 is 0 Å². The van der Waals surface area contributed by atoms with Crippen LogP contribution >= 0.6 is 0 Å². The minimum Gasteiger partial charge on any atom is -0.433 e. The Morgan fingerprint density at radius 2 is 1.73 bits per heavy atom. The summed E-state index contributed by atoms with van der Waals surface area (Å²) in [6, 6.07) is 17.6. The van der Waals surface area contributed by atoms with Gasteiger partial charge in [-0.25, -0.2) is 4.79 Å². The van der Waals surface area contributed by atoms with Crippen molar-refractivity contribution in [2.75, 3.05) is 19.0 Å². The standard InChI is InChI=1S/C18H18N2O2/c1-20(2)15-10-8-13(9-11-15)12-16-18(21)22-17(19-16)14-6-4-3-5-7-14/h3-12,17,19H,1-2H3. The third kappa shape index (κ3) is 2.96. The fraction of sp³-hybridized carbons (Fsp3) is 0.167. The number of benzene rings is 2. The maximum absolute atomic E-state index is 12.0. The van der Waals surface area contributed by atoms with Crippen molar-refractivity contribution in [1.29, 1.82) is 0 Å². The first-order valence-electron chi connectivity index (χ1n) is 7.15. The van der Waals surface area contributed by atoms with Crippen molar-refractivity contribution in [3.8, 4) is 0 Å². The molecule has 0 radical (unpaired) electrons. The van der Waals surface area contributed by atoms with Crippen molar-refractivity contribution in [3.05, 3.63) is 71.4 Å². The number of nitrogens with zero attached hydrogens (tertiary/aromatic N) is 1. The van der Waals surface area contributed by atoms with Gasteiger partial charge in [0, 0.05) is 25.3 Å². The van der Waals surface area contributed by atoms with Crippen LogP contribution in [0.3, 0.4) is 0 Å². The van der Waals surface area contributed by atoms with E-state index in [4.69, 9.17) is 4.74 Å². The van der Waals surface area contributed by atoms with Crippen LogP contribution in [-0.4, -0.2) is 20.1 Å².